The van der Waals surface area contributed by atoms with Crippen LogP contribution in [0, 0.1) is 0 Å². The highest BCUT2D eigenvalue weighted by Crippen LogP contribution is 2.33. The van der Waals surface area contributed by atoms with Crippen LogP contribution in [0.4, 0.5) is 0 Å². The van der Waals surface area contributed by atoms with Gasteiger partial charge in [-0.15, -0.1) is 5.10 Å². The van der Waals surface area contributed by atoms with E-state index in [1.807, 2.05) is 30.3 Å². The van der Waals surface area contributed by atoms with Gasteiger partial charge in [0.15, 0.2) is 11.4 Å². The second-order valence-electron chi connectivity index (χ2n) is 6.91. The number of halogens is 1. The van der Waals surface area contributed by atoms with Crippen LogP contribution in [-0.2, 0) is 16.1 Å². The van der Waals surface area contributed by atoms with E-state index in [4.69, 9.17) is 16.3 Å². The van der Waals surface area contributed by atoms with Gasteiger partial charge in [-0.05, 0) is 25.7 Å². The van der Waals surface area contributed by atoms with E-state index in [2.05, 4.69) is 15.1 Å². The molecule has 0 aliphatic heterocycles. The quantitative estimate of drug-likeness (QED) is 0.678. The van der Waals surface area contributed by atoms with Crippen molar-refractivity contribution >= 4 is 23.3 Å². The third-order valence-electron chi connectivity index (χ3n) is 5.09. The van der Waals surface area contributed by atoms with Gasteiger partial charge in [-0.25, -0.2) is 4.79 Å². The van der Waals surface area contributed by atoms with Gasteiger partial charge in [0.05, 0.1) is 12.3 Å². The predicted molar refractivity (Wildman–Crippen MR) is 102 cm³/mol. The molecule has 8 nitrogen and oxygen atoms in total. The molecule has 1 saturated carbocycles. The standard InChI is InChI=1S/C19H19ClN4O4/c20-14-13(11-28-19(17(26)27)9-5-2-6-10-19)21-18-22-15(23-24(18)16(14)25)12-7-3-1-4-8-12/h1,3-4,7-8H,2,5-6,9-11H2,(H,26,27)(H,21,22,23). The fourth-order valence-electron chi connectivity index (χ4n) is 3.51. The van der Waals surface area contributed by atoms with E-state index < -0.39 is 17.1 Å². The summed E-state index contributed by atoms with van der Waals surface area (Å²) in [6, 6.07) is 9.25. The fourth-order valence-corrected chi connectivity index (χ4v) is 3.69. The first kappa shape index (κ1) is 18.6. The molecule has 9 heteroatoms. The highest BCUT2D eigenvalue weighted by molar-refractivity contribution is 6.31. The Balaban J connectivity index is 1.67. The van der Waals surface area contributed by atoms with Gasteiger partial charge in [0.2, 0.25) is 5.78 Å². The van der Waals surface area contributed by atoms with Crippen LogP contribution in [0.5, 0.6) is 0 Å². The number of aromatic nitrogens is 4. The largest absolute Gasteiger partial charge is 0.479 e. The third kappa shape index (κ3) is 3.29. The van der Waals surface area contributed by atoms with Crippen molar-refractivity contribution in [3.05, 3.63) is 51.4 Å². The van der Waals surface area contributed by atoms with Crippen molar-refractivity contribution in [1.82, 2.24) is 19.6 Å². The van der Waals surface area contributed by atoms with Gasteiger partial charge >= 0.3 is 5.97 Å². The van der Waals surface area contributed by atoms with Gasteiger partial charge in [0, 0.05) is 5.56 Å². The Hall–Kier alpha value is -2.71. The van der Waals surface area contributed by atoms with Crippen LogP contribution < -0.4 is 5.56 Å². The van der Waals surface area contributed by atoms with Crippen LogP contribution in [0.2, 0.25) is 5.02 Å². The minimum atomic E-state index is -1.24. The van der Waals surface area contributed by atoms with E-state index in [0.717, 1.165) is 29.3 Å². The summed E-state index contributed by atoms with van der Waals surface area (Å²) in [7, 11) is 0. The Morgan fingerprint density at radius 3 is 2.64 bits per heavy atom. The molecule has 1 fully saturated rings. The first-order valence-corrected chi connectivity index (χ1v) is 9.48. The summed E-state index contributed by atoms with van der Waals surface area (Å²) in [6.07, 6.45) is 3.45. The van der Waals surface area contributed by atoms with E-state index >= 15 is 0 Å². The molecule has 0 spiro atoms. The van der Waals surface area contributed by atoms with Gasteiger partial charge in [-0.1, -0.05) is 48.4 Å². The normalized spacial score (nSPS) is 16.3. The summed E-state index contributed by atoms with van der Waals surface area (Å²) in [6.45, 7) is -0.121. The zero-order valence-corrected chi connectivity index (χ0v) is 15.8. The molecule has 0 bridgehead atoms. The molecular formula is C19H19ClN4O4. The minimum Gasteiger partial charge on any atom is -0.479 e. The van der Waals surface area contributed by atoms with Gasteiger partial charge in [0.1, 0.15) is 5.02 Å². The van der Waals surface area contributed by atoms with Gasteiger partial charge < -0.3 is 14.8 Å². The Morgan fingerprint density at radius 2 is 1.96 bits per heavy atom. The maximum absolute atomic E-state index is 12.6. The SMILES string of the molecule is O=C(O)C1(OCc2[nH]c3nc(-c4ccccc4)nn3c(=O)c2Cl)CCCCC1. The van der Waals surface area contributed by atoms with Crippen molar-refractivity contribution in [2.75, 3.05) is 0 Å². The first-order valence-electron chi connectivity index (χ1n) is 9.10. The molecular weight excluding hydrogens is 384 g/mol. The molecule has 0 amide bonds. The van der Waals surface area contributed by atoms with E-state index in [1.165, 1.54) is 0 Å². The average Bonchev–Trinajstić information content (AvgIpc) is 3.15. The zero-order valence-electron chi connectivity index (χ0n) is 15.0. The van der Waals surface area contributed by atoms with Gasteiger partial charge in [-0.2, -0.15) is 9.50 Å². The molecule has 1 aliphatic carbocycles. The van der Waals surface area contributed by atoms with E-state index in [-0.39, 0.29) is 23.1 Å². The van der Waals surface area contributed by atoms with Crippen molar-refractivity contribution in [2.24, 2.45) is 0 Å². The van der Waals surface area contributed by atoms with Crippen LogP contribution in [0.1, 0.15) is 37.8 Å². The summed E-state index contributed by atoms with van der Waals surface area (Å²) < 4.78 is 6.88. The highest BCUT2D eigenvalue weighted by atomic mass is 35.5. The van der Waals surface area contributed by atoms with Crippen LogP contribution in [0.3, 0.4) is 0 Å². The molecule has 1 aromatic carbocycles. The number of carboxylic acid groups (broad SMARTS) is 1. The molecule has 0 atom stereocenters. The molecule has 28 heavy (non-hydrogen) atoms. The fraction of sp³-hybridized carbons (Fsp3) is 0.368. The lowest BCUT2D eigenvalue weighted by atomic mass is 9.84. The summed E-state index contributed by atoms with van der Waals surface area (Å²) in [5.41, 5.74) is -0.720. The van der Waals surface area contributed by atoms with E-state index in [9.17, 15) is 14.7 Å². The Morgan fingerprint density at radius 1 is 1.25 bits per heavy atom. The minimum absolute atomic E-state index is 0.0895. The van der Waals surface area contributed by atoms with E-state index in [1.54, 1.807) is 0 Å². The second kappa shape index (κ2) is 7.37. The second-order valence-corrected chi connectivity index (χ2v) is 7.29. The van der Waals surface area contributed by atoms with Crippen molar-refractivity contribution in [3.63, 3.8) is 0 Å². The lowest BCUT2D eigenvalue weighted by molar-refractivity contribution is -0.173. The first-order chi connectivity index (χ1) is 13.5. The topological polar surface area (TPSA) is 110 Å². The number of aromatic amines is 1. The maximum Gasteiger partial charge on any atom is 0.335 e. The van der Waals surface area contributed by atoms with Crippen molar-refractivity contribution < 1.29 is 14.6 Å². The predicted octanol–water partition coefficient (Wildman–Crippen LogP) is 3.04. The monoisotopic (exact) mass is 402 g/mol. The van der Waals surface area contributed by atoms with Crippen LogP contribution in [0.15, 0.2) is 35.1 Å². The van der Waals surface area contributed by atoms with Crippen molar-refractivity contribution in [2.45, 2.75) is 44.3 Å². The number of nitrogens with one attached hydrogen (secondary N) is 1. The molecule has 0 saturated heterocycles. The summed E-state index contributed by atoms with van der Waals surface area (Å²) >= 11 is 6.21. The number of H-pyrrole nitrogens is 1. The lowest BCUT2D eigenvalue weighted by Crippen LogP contribution is -2.43. The summed E-state index contributed by atoms with van der Waals surface area (Å²) in [5.74, 6) is -0.377. The number of fused-ring (bicyclic) bond motifs is 1. The molecule has 146 valence electrons. The molecule has 4 rings (SSSR count). The number of rotatable bonds is 5. The van der Waals surface area contributed by atoms with Crippen molar-refractivity contribution in [3.8, 4) is 11.4 Å². The third-order valence-corrected chi connectivity index (χ3v) is 5.48. The number of hydrogen-bond donors (Lipinski definition) is 2. The van der Waals surface area contributed by atoms with E-state index in [0.29, 0.717) is 18.7 Å². The van der Waals surface area contributed by atoms with Gasteiger partial charge in [0.25, 0.3) is 5.56 Å². The molecule has 2 heterocycles. The van der Waals surface area contributed by atoms with Crippen molar-refractivity contribution in [1.29, 1.82) is 0 Å². The molecule has 1 aliphatic rings. The number of ether oxygens (including phenoxy) is 1. The van der Waals surface area contributed by atoms with Crippen LogP contribution >= 0.6 is 11.6 Å². The average molecular weight is 403 g/mol. The number of aliphatic carboxylic acids is 1. The number of benzene rings is 1. The smallest absolute Gasteiger partial charge is 0.335 e. The van der Waals surface area contributed by atoms with Crippen LogP contribution in [0.25, 0.3) is 17.2 Å². The Kier molecular flexibility index (Phi) is 4.91. The summed E-state index contributed by atoms with van der Waals surface area (Å²) in [5, 5.41) is 13.8. The Labute approximate surface area is 165 Å². The summed E-state index contributed by atoms with van der Waals surface area (Å²) in [4.78, 5) is 31.7. The maximum atomic E-state index is 12.6. The molecule has 2 N–H and O–H groups in total. The molecule has 0 radical (unpaired) electrons. The molecule has 2 aromatic heterocycles. The highest BCUT2D eigenvalue weighted by Gasteiger charge is 2.41. The molecule has 3 aromatic rings. The number of carboxylic acids is 1. The Bertz CT molecular complexity index is 1070. The van der Waals surface area contributed by atoms with Gasteiger partial charge in [-0.3, -0.25) is 4.79 Å². The van der Waals surface area contributed by atoms with Crippen LogP contribution in [-0.4, -0.2) is 36.3 Å². The number of nitrogens with zero attached hydrogens (tertiary/aromatic N) is 3. The molecule has 0 unspecified atom stereocenters. The number of hydrogen-bond acceptors (Lipinski definition) is 5. The zero-order chi connectivity index (χ0) is 19.7. The number of carbonyl (C=O) groups is 1. The lowest BCUT2D eigenvalue weighted by Gasteiger charge is -2.33.